The number of thiophene rings is 1. The molecular weight excluding hydrogens is 335 g/mol. The molecule has 0 spiro atoms. The van der Waals surface area contributed by atoms with Gasteiger partial charge in [0, 0.05) is 17.1 Å². The Hall–Kier alpha value is -2.34. The molecule has 24 heavy (non-hydrogen) atoms. The van der Waals surface area contributed by atoms with Crippen molar-refractivity contribution in [2.24, 2.45) is 0 Å². The summed E-state index contributed by atoms with van der Waals surface area (Å²) in [5.41, 5.74) is 0.483. The zero-order chi connectivity index (χ0) is 17.4. The second-order valence-corrected chi connectivity index (χ2v) is 6.61. The second-order valence-electron chi connectivity index (χ2n) is 5.53. The lowest BCUT2D eigenvalue weighted by Crippen LogP contribution is -2.29. The number of carbonyl (C=O) groups is 1. The number of nitrogens with zero attached hydrogens (tertiary/aromatic N) is 1. The molecule has 0 aliphatic heterocycles. The van der Waals surface area contributed by atoms with E-state index in [0.29, 0.717) is 20.5 Å². The topological polar surface area (TPSA) is 20.3 Å². The molecule has 0 bridgehead atoms. The lowest BCUT2D eigenvalue weighted by Gasteiger charge is -2.25. The smallest absolute Gasteiger partial charge is 0.264 e. The minimum absolute atomic E-state index is 0.298. The number of benzene rings is 2. The SMILES string of the molecule is C[C@H](c1ccc(F)c(F)c1)N(C)C(=O)c1cc2c(F)cccc2s1. The first-order valence-corrected chi connectivity index (χ1v) is 8.10. The molecule has 124 valence electrons. The highest BCUT2D eigenvalue weighted by Gasteiger charge is 2.22. The third kappa shape index (κ3) is 2.89. The Labute approximate surface area is 141 Å². The minimum Gasteiger partial charge on any atom is -0.334 e. The highest BCUT2D eigenvalue weighted by molar-refractivity contribution is 7.20. The van der Waals surface area contributed by atoms with Crippen LogP contribution in [0.1, 0.15) is 28.2 Å². The van der Waals surface area contributed by atoms with E-state index >= 15 is 0 Å². The molecule has 0 N–H and O–H groups in total. The van der Waals surface area contributed by atoms with Crippen LogP contribution in [0.25, 0.3) is 10.1 Å². The Balaban J connectivity index is 1.89. The number of carbonyl (C=O) groups excluding carboxylic acids is 1. The van der Waals surface area contributed by atoms with Gasteiger partial charge in [0.05, 0.1) is 10.9 Å². The van der Waals surface area contributed by atoms with Crippen molar-refractivity contribution in [2.45, 2.75) is 13.0 Å². The van der Waals surface area contributed by atoms with E-state index in [1.807, 2.05) is 0 Å². The van der Waals surface area contributed by atoms with Crippen LogP contribution in [-0.4, -0.2) is 17.9 Å². The molecule has 2 nitrogen and oxygen atoms in total. The van der Waals surface area contributed by atoms with Gasteiger partial charge in [-0.1, -0.05) is 12.1 Å². The van der Waals surface area contributed by atoms with Crippen molar-refractivity contribution in [1.82, 2.24) is 4.90 Å². The molecule has 0 saturated heterocycles. The van der Waals surface area contributed by atoms with E-state index in [-0.39, 0.29) is 11.7 Å². The number of hydrogen-bond acceptors (Lipinski definition) is 2. The average Bonchev–Trinajstić information content (AvgIpc) is 3.01. The fraction of sp³-hybridized carbons (Fsp3) is 0.167. The van der Waals surface area contributed by atoms with Gasteiger partial charge in [-0.15, -0.1) is 11.3 Å². The summed E-state index contributed by atoms with van der Waals surface area (Å²) >= 11 is 1.20. The summed E-state index contributed by atoms with van der Waals surface area (Å²) in [6, 6.07) is 9.31. The first-order chi connectivity index (χ1) is 11.4. The van der Waals surface area contributed by atoms with Gasteiger partial charge in [-0.2, -0.15) is 0 Å². The van der Waals surface area contributed by atoms with E-state index in [9.17, 15) is 18.0 Å². The maximum atomic E-state index is 13.8. The number of amides is 1. The van der Waals surface area contributed by atoms with Gasteiger partial charge in [0.2, 0.25) is 0 Å². The van der Waals surface area contributed by atoms with Crippen LogP contribution < -0.4 is 0 Å². The summed E-state index contributed by atoms with van der Waals surface area (Å²) in [5.74, 6) is -2.56. The van der Waals surface area contributed by atoms with Gasteiger partial charge < -0.3 is 4.90 Å². The van der Waals surface area contributed by atoms with Crippen LogP contribution in [0, 0.1) is 17.5 Å². The van der Waals surface area contributed by atoms with E-state index < -0.39 is 17.7 Å². The van der Waals surface area contributed by atoms with Crippen molar-refractivity contribution in [2.75, 3.05) is 7.05 Å². The molecule has 3 aromatic rings. The average molecular weight is 349 g/mol. The van der Waals surface area contributed by atoms with Crippen LogP contribution in [0.2, 0.25) is 0 Å². The molecule has 0 radical (unpaired) electrons. The Bertz CT molecular complexity index is 922. The van der Waals surface area contributed by atoms with Gasteiger partial charge in [-0.25, -0.2) is 13.2 Å². The van der Waals surface area contributed by atoms with Crippen molar-refractivity contribution in [3.05, 3.63) is 70.4 Å². The third-order valence-electron chi connectivity index (χ3n) is 4.05. The van der Waals surface area contributed by atoms with Gasteiger partial charge in [0.25, 0.3) is 5.91 Å². The molecule has 0 saturated carbocycles. The fourth-order valence-electron chi connectivity index (χ4n) is 2.48. The normalized spacial score (nSPS) is 12.4. The number of hydrogen-bond donors (Lipinski definition) is 0. The Morgan fingerprint density at radius 2 is 1.79 bits per heavy atom. The van der Waals surface area contributed by atoms with Crippen LogP contribution in [0.3, 0.4) is 0 Å². The van der Waals surface area contributed by atoms with Crippen LogP contribution in [-0.2, 0) is 0 Å². The summed E-state index contributed by atoms with van der Waals surface area (Å²) in [6.07, 6.45) is 0. The molecule has 0 unspecified atom stereocenters. The van der Waals surface area contributed by atoms with Gasteiger partial charge in [0.1, 0.15) is 5.82 Å². The summed E-state index contributed by atoms with van der Waals surface area (Å²) in [6.45, 7) is 1.72. The molecule has 3 rings (SSSR count). The standard InChI is InChI=1S/C18H14F3NOS/c1-10(11-6-7-14(20)15(21)8-11)22(2)18(23)17-9-12-13(19)4-3-5-16(12)24-17/h3-10H,1-2H3/t10-/m1/s1. The second kappa shape index (κ2) is 6.28. The molecule has 2 aromatic carbocycles. The molecule has 1 heterocycles. The van der Waals surface area contributed by atoms with Gasteiger partial charge in [-0.05, 0) is 42.8 Å². The number of fused-ring (bicyclic) bond motifs is 1. The minimum atomic E-state index is -0.955. The number of rotatable bonds is 3. The molecule has 0 aliphatic rings. The predicted octanol–water partition coefficient (Wildman–Crippen LogP) is 5.15. The summed E-state index contributed by atoms with van der Waals surface area (Å²) in [4.78, 5) is 14.5. The highest BCUT2D eigenvalue weighted by atomic mass is 32.1. The van der Waals surface area contributed by atoms with Crippen molar-refractivity contribution in [3.8, 4) is 0 Å². The molecule has 0 aliphatic carbocycles. The zero-order valence-electron chi connectivity index (χ0n) is 13.0. The monoisotopic (exact) mass is 349 g/mol. The molecular formula is C18H14F3NOS. The van der Waals surface area contributed by atoms with Crippen LogP contribution in [0.4, 0.5) is 13.2 Å². The Morgan fingerprint density at radius 1 is 1.04 bits per heavy atom. The Kier molecular flexibility index (Phi) is 4.32. The molecule has 1 aromatic heterocycles. The van der Waals surface area contributed by atoms with Crippen molar-refractivity contribution in [1.29, 1.82) is 0 Å². The first-order valence-electron chi connectivity index (χ1n) is 7.28. The maximum Gasteiger partial charge on any atom is 0.264 e. The summed E-state index contributed by atoms with van der Waals surface area (Å²) in [7, 11) is 1.58. The largest absolute Gasteiger partial charge is 0.334 e. The predicted molar refractivity (Wildman–Crippen MR) is 88.6 cm³/mol. The summed E-state index contributed by atoms with van der Waals surface area (Å²) < 4.78 is 40.9. The van der Waals surface area contributed by atoms with E-state index in [0.717, 1.165) is 12.1 Å². The third-order valence-corrected chi connectivity index (χ3v) is 5.13. The lowest BCUT2D eigenvalue weighted by atomic mass is 10.1. The van der Waals surface area contributed by atoms with E-state index in [1.54, 1.807) is 26.1 Å². The zero-order valence-corrected chi connectivity index (χ0v) is 13.8. The van der Waals surface area contributed by atoms with Crippen molar-refractivity contribution >= 4 is 27.3 Å². The van der Waals surface area contributed by atoms with E-state index in [1.165, 1.54) is 34.4 Å². The van der Waals surface area contributed by atoms with Gasteiger partial charge in [-0.3, -0.25) is 4.79 Å². The van der Waals surface area contributed by atoms with Crippen LogP contribution in [0.15, 0.2) is 42.5 Å². The van der Waals surface area contributed by atoms with Crippen molar-refractivity contribution < 1.29 is 18.0 Å². The number of halogens is 3. The lowest BCUT2D eigenvalue weighted by molar-refractivity contribution is 0.0747. The molecule has 6 heteroatoms. The van der Waals surface area contributed by atoms with Gasteiger partial charge in [0.15, 0.2) is 11.6 Å². The highest BCUT2D eigenvalue weighted by Crippen LogP contribution is 2.30. The van der Waals surface area contributed by atoms with E-state index in [2.05, 4.69) is 0 Å². The van der Waals surface area contributed by atoms with Gasteiger partial charge >= 0.3 is 0 Å². The van der Waals surface area contributed by atoms with E-state index in [4.69, 9.17) is 0 Å². The fourth-order valence-corrected chi connectivity index (χ4v) is 3.53. The van der Waals surface area contributed by atoms with Crippen molar-refractivity contribution in [3.63, 3.8) is 0 Å². The molecule has 0 fully saturated rings. The quantitative estimate of drug-likeness (QED) is 0.640. The van der Waals surface area contributed by atoms with Crippen LogP contribution in [0.5, 0.6) is 0 Å². The first kappa shape index (κ1) is 16.5. The molecule has 1 amide bonds. The molecule has 1 atom stereocenters. The Morgan fingerprint density at radius 3 is 2.46 bits per heavy atom. The van der Waals surface area contributed by atoms with Crippen LogP contribution >= 0.6 is 11.3 Å². The summed E-state index contributed by atoms with van der Waals surface area (Å²) in [5, 5.41) is 0.403. The maximum absolute atomic E-state index is 13.8.